The molecule has 5 nitrogen and oxygen atoms in total. The average Bonchev–Trinajstić information content (AvgIpc) is 2.84. The molecular weight excluding hydrogens is 320 g/mol. The van der Waals surface area contributed by atoms with Crippen LogP contribution in [0.3, 0.4) is 0 Å². The lowest BCUT2D eigenvalue weighted by Crippen LogP contribution is -2.22. The number of pyridine rings is 1. The Labute approximate surface area is 144 Å². The molecule has 0 spiro atoms. The highest BCUT2D eigenvalue weighted by atomic mass is 32.2. The summed E-state index contributed by atoms with van der Waals surface area (Å²) in [5.41, 5.74) is 3.46. The molecule has 2 aromatic heterocycles. The van der Waals surface area contributed by atoms with Gasteiger partial charge in [-0.3, -0.25) is 4.98 Å². The summed E-state index contributed by atoms with van der Waals surface area (Å²) in [6.07, 6.45) is 4.30. The van der Waals surface area contributed by atoms with E-state index in [2.05, 4.69) is 40.3 Å². The summed E-state index contributed by atoms with van der Waals surface area (Å²) in [6.45, 7) is 2.12. The number of hydrogen-bond donors (Lipinski definition) is 1. The quantitative estimate of drug-likeness (QED) is 0.680. The molecule has 1 fully saturated rings. The maximum Gasteiger partial charge on any atom is 0.221 e. The van der Waals surface area contributed by atoms with Crippen molar-refractivity contribution in [2.45, 2.75) is 19.4 Å². The van der Waals surface area contributed by atoms with Crippen LogP contribution in [-0.4, -0.2) is 26.2 Å². The maximum atomic E-state index is 10.8. The van der Waals surface area contributed by atoms with Crippen molar-refractivity contribution in [1.82, 2.24) is 9.55 Å². The highest BCUT2D eigenvalue weighted by Gasteiger charge is 2.27. The van der Waals surface area contributed by atoms with Gasteiger partial charge in [0.15, 0.2) is 5.69 Å². The molecule has 4 rings (SSSR count). The Morgan fingerprint density at radius 1 is 1.29 bits per heavy atom. The van der Waals surface area contributed by atoms with Crippen LogP contribution >= 0.6 is 11.8 Å². The topological polar surface area (TPSA) is 62.8 Å². The van der Waals surface area contributed by atoms with Crippen molar-refractivity contribution >= 4 is 34.0 Å². The molecule has 0 saturated carbocycles. The number of azo groups is 1. The van der Waals surface area contributed by atoms with Crippen molar-refractivity contribution in [2.24, 2.45) is 10.2 Å². The Kier molecular flexibility index (Phi) is 3.98. The van der Waals surface area contributed by atoms with Crippen molar-refractivity contribution in [3.05, 3.63) is 48.3 Å². The Morgan fingerprint density at radius 2 is 2.17 bits per heavy atom. The van der Waals surface area contributed by atoms with Crippen molar-refractivity contribution in [1.29, 1.82) is 0 Å². The standard InChI is InChI=1S/C18H18N4OS/c1-2-12-5-6-16-15(8-12)17(18(23)22(16)14-10-24-11-14)21-20-13-4-3-7-19-9-13/h3-9,14,23H,2,10-11H2,1H3. The Hall–Kier alpha value is -2.34. The summed E-state index contributed by atoms with van der Waals surface area (Å²) < 4.78 is 2.00. The molecule has 6 heteroatoms. The maximum absolute atomic E-state index is 10.8. The highest BCUT2D eigenvalue weighted by Crippen LogP contribution is 2.45. The number of aromatic hydroxyl groups is 1. The van der Waals surface area contributed by atoms with E-state index in [1.165, 1.54) is 5.56 Å². The predicted molar refractivity (Wildman–Crippen MR) is 97.8 cm³/mol. The van der Waals surface area contributed by atoms with Crippen LogP contribution in [0.25, 0.3) is 10.9 Å². The first kappa shape index (κ1) is 15.2. The molecule has 0 bridgehead atoms. The molecule has 24 heavy (non-hydrogen) atoms. The molecule has 0 amide bonds. The van der Waals surface area contributed by atoms with Crippen LogP contribution < -0.4 is 0 Å². The minimum atomic E-state index is 0.205. The van der Waals surface area contributed by atoms with E-state index in [0.717, 1.165) is 28.8 Å². The third kappa shape index (κ3) is 2.57. The summed E-state index contributed by atoms with van der Waals surface area (Å²) >= 11 is 1.89. The lowest BCUT2D eigenvalue weighted by atomic mass is 10.1. The molecule has 0 radical (unpaired) electrons. The van der Waals surface area contributed by atoms with Crippen LogP contribution in [0.4, 0.5) is 11.4 Å². The first-order valence-electron chi connectivity index (χ1n) is 8.03. The molecule has 122 valence electrons. The number of fused-ring (bicyclic) bond motifs is 1. The molecule has 1 aromatic carbocycles. The van der Waals surface area contributed by atoms with Gasteiger partial charge >= 0.3 is 0 Å². The SMILES string of the molecule is CCc1ccc2c(c1)c(N=Nc1cccnc1)c(O)n2C1CSC1. The van der Waals surface area contributed by atoms with E-state index in [1.54, 1.807) is 12.4 Å². The molecular formula is C18H18N4OS. The molecule has 1 N–H and O–H groups in total. The summed E-state index contributed by atoms with van der Waals surface area (Å²) in [4.78, 5) is 4.04. The van der Waals surface area contributed by atoms with E-state index in [0.29, 0.717) is 17.4 Å². The van der Waals surface area contributed by atoms with Crippen LogP contribution in [0.15, 0.2) is 53.0 Å². The zero-order valence-electron chi connectivity index (χ0n) is 13.4. The van der Waals surface area contributed by atoms with Gasteiger partial charge in [-0.1, -0.05) is 13.0 Å². The van der Waals surface area contributed by atoms with Gasteiger partial charge in [-0.05, 0) is 36.2 Å². The number of aryl methyl sites for hydroxylation is 1. The summed E-state index contributed by atoms with van der Waals surface area (Å²) in [7, 11) is 0. The molecule has 1 saturated heterocycles. The van der Waals surface area contributed by atoms with Gasteiger partial charge in [0.25, 0.3) is 0 Å². The normalized spacial score (nSPS) is 15.2. The van der Waals surface area contributed by atoms with Crippen molar-refractivity contribution in [2.75, 3.05) is 11.5 Å². The van der Waals surface area contributed by atoms with E-state index >= 15 is 0 Å². The van der Waals surface area contributed by atoms with Crippen molar-refractivity contribution in [3.8, 4) is 5.88 Å². The monoisotopic (exact) mass is 338 g/mol. The van der Waals surface area contributed by atoms with Crippen LogP contribution in [-0.2, 0) is 6.42 Å². The van der Waals surface area contributed by atoms with E-state index in [4.69, 9.17) is 0 Å². The molecule has 3 heterocycles. The zero-order valence-corrected chi connectivity index (χ0v) is 14.2. The summed E-state index contributed by atoms with van der Waals surface area (Å²) in [5.74, 6) is 2.24. The summed E-state index contributed by atoms with van der Waals surface area (Å²) in [5, 5.41) is 20.3. The Bertz CT molecular complexity index is 900. The minimum Gasteiger partial charge on any atom is -0.493 e. The average molecular weight is 338 g/mol. The fourth-order valence-corrected chi connectivity index (χ4v) is 3.66. The second kappa shape index (κ2) is 6.28. The summed E-state index contributed by atoms with van der Waals surface area (Å²) in [6, 6.07) is 10.3. The van der Waals surface area contributed by atoms with Crippen LogP contribution in [0.1, 0.15) is 18.5 Å². The van der Waals surface area contributed by atoms with Gasteiger partial charge < -0.3 is 9.67 Å². The van der Waals surface area contributed by atoms with E-state index in [9.17, 15) is 5.11 Å². The van der Waals surface area contributed by atoms with Gasteiger partial charge in [-0.25, -0.2) is 0 Å². The zero-order chi connectivity index (χ0) is 16.5. The number of thioether (sulfide) groups is 1. The fraction of sp³-hybridized carbons (Fsp3) is 0.278. The number of benzene rings is 1. The van der Waals surface area contributed by atoms with Crippen molar-refractivity contribution < 1.29 is 5.11 Å². The van der Waals surface area contributed by atoms with E-state index in [-0.39, 0.29) is 5.88 Å². The first-order chi connectivity index (χ1) is 11.8. The largest absolute Gasteiger partial charge is 0.493 e. The Morgan fingerprint density at radius 3 is 2.83 bits per heavy atom. The number of aromatic nitrogens is 2. The van der Waals surface area contributed by atoms with Crippen molar-refractivity contribution in [3.63, 3.8) is 0 Å². The molecule has 3 aromatic rings. The molecule has 0 unspecified atom stereocenters. The lowest BCUT2D eigenvalue weighted by Gasteiger charge is -2.27. The third-order valence-electron chi connectivity index (χ3n) is 4.32. The fourth-order valence-electron chi connectivity index (χ4n) is 2.91. The van der Waals surface area contributed by atoms with Gasteiger partial charge in [-0.15, -0.1) is 10.2 Å². The Balaban J connectivity index is 1.86. The van der Waals surface area contributed by atoms with Crippen LogP contribution in [0.2, 0.25) is 0 Å². The molecule has 1 aliphatic rings. The number of hydrogen-bond acceptors (Lipinski definition) is 5. The predicted octanol–water partition coefficient (Wildman–Crippen LogP) is 5.01. The number of nitrogens with zero attached hydrogens (tertiary/aromatic N) is 4. The van der Waals surface area contributed by atoms with E-state index in [1.807, 2.05) is 28.5 Å². The second-order valence-electron chi connectivity index (χ2n) is 5.85. The van der Waals surface area contributed by atoms with Crippen LogP contribution in [0, 0.1) is 0 Å². The van der Waals surface area contributed by atoms with Crippen LogP contribution in [0.5, 0.6) is 5.88 Å². The highest BCUT2D eigenvalue weighted by molar-refractivity contribution is 8.00. The van der Waals surface area contributed by atoms with Gasteiger partial charge in [0.05, 0.1) is 17.8 Å². The van der Waals surface area contributed by atoms with Gasteiger partial charge in [-0.2, -0.15) is 11.8 Å². The number of rotatable bonds is 4. The molecule has 0 aliphatic carbocycles. The molecule has 0 atom stereocenters. The lowest BCUT2D eigenvalue weighted by molar-refractivity contribution is 0.406. The smallest absolute Gasteiger partial charge is 0.221 e. The van der Waals surface area contributed by atoms with E-state index < -0.39 is 0 Å². The third-order valence-corrected chi connectivity index (χ3v) is 5.56. The minimum absolute atomic E-state index is 0.205. The molecule has 1 aliphatic heterocycles. The van der Waals surface area contributed by atoms with Gasteiger partial charge in [0, 0.05) is 23.1 Å². The van der Waals surface area contributed by atoms with Gasteiger partial charge in [0.1, 0.15) is 5.69 Å². The first-order valence-corrected chi connectivity index (χ1v) is 9.18. The van der Waals surface area contributed by atoms with Gasteiger partial charge in [0.2, 0.25) is 5.88 Å². The second-order valence-corrected chi connectivity index (χ2v) is 6.92.